The zero-order valence-corrected chi connectivity index (χ0v) is 11.2. The fraction of sp³-hybridized carbons (Fsp3) is 0. The first kappa shape index (κ1) is 13.3. The molecule has 0 atom stereocenters. The molecule has 96 valence electrons. The van der Waals surface area contributed by atoms with Gasteiger partial charge in [0.05, 0.1) is 5.70 Å². The Labute approximate surface area is 117 Å². The Morgan fingerprint density at radius 3 is 1.95 bits per heavy atom. The van der Waals surface area contributed by atoms with Crippen molar-refractivity contribution in [3.05, 3.63) is 83.8 Å². The summed E-state index contributed by atoms with van der Waals surface area (Å²) in [6.07, 6.45) is 4.12. The van der Waals surface area contributed by atoms with Crippen LogP contribution in [0.5, 0.6) is 5.75 Å². The molecule has 2 N–H and O–H groups in total. The Balaban J connectivity index is 0.000000163. The summed E-state index contributed by atoms with van der Waals surface area (Å²) in [6.45, 7) is 0. The molecule has 1 heterocycles. The summed E-state index contributed by atoms with van der Waals surface area (Å²) in [7, 11) is 0. The van der Waals surface area contributed by atoms with Crippen molar-refractivity contribution in [2.75, 3.05) is 0 Å². The summed E-state index contributed by atoms with van der Waals surface area (Å²) in [5, 5.41) is 10.7. The molecule has 0 saturated carbocycles. The molecule has 19 heavy (non-hydrogen) atoms. The quantitative estimate of drug-likeness (QED) is 0.762. The smallest absolute Gasteiger partial charge is 0.115 e. The molecule has 0 fully saturated rings. The first-order valence-electron chi connectivity index (χ1n) is 5.94. The van der Waals surface area contributed by atoms with E-state index in [1.165, 1.54) is 11.3 Å². The number of aromatic hydroxyl groups is 1. The summed E-state index contributed by atoms with van der Waals surface area (Å²) in [6, 6.07) is 19.0. The first-order chi connectivity index (χ1) is 9.36. The third kappa shape index (κ3) is 4.56. The van der Waals surface area contributed by atoms with Crippen molar-refractivity contribution in [1.82, 2.24) is 4.72 Å². The van der Waals surface area contributed by atoms with Crippen molar-refractivity contribution in [2.45, 2.75) is 0 Å². The number of nitrogens with one attached hydrogen (secondary N) is 1. The van der Waals surface area contributed by atoms with Gasteiger partial charge in [-0.2, -0.15) is 0 Å². The average Bonchev–Trinajstić information content (AvgIpc) is 2.51. The van der Waals surface area contributed by atoms with Crippen LogP contribution >= 0.6 is 11.9 Å². The molecule has 1 aliphatic heterocycles. The van der Waals surface area contributed by atoms with Gasteiger partial charge < -0.3 is 9.83 Å². The summed E-state index contributed by atoms with van der Waals surface area (Å²) in [5.74, 6) is 0.322. The predicted molar refractivity (Wildman–Crippen MR) is 82.4 cm³/mol. The van der Waals surface area contributed by atoms with E-state index in [1.54, 1.807) is 36.2 Å². The van der Waals surface area contributed by atoms with Crippen LogP contribution in [0.1, 0.15) is 5.56 Å². The van der Waals surface area contributed by atoms with E-state index in [2.05, 4.69) is 22.9 Å². The van der Waals surface area contributed by atoms with Crippen molar-refractivity contribution in [3.63, 3.8) is 0 Å². The average molecular weight is 269 g/mol. The second-order valence-electron chi connectivity index (χ2n) is 3.83. The molecule has 0 aromatic heterocycles. The number of rotatable bonds is 1. The Hall–Kier alpha value is -2.13. The number of phenols is 1. The second kappa shape index (κ2) is 7.34. The van der Waals surface area contributed by atoms with Gasteiger partial charge in [-0.25, -0.2) is 0 Å². The minimum Gasteiger partial charge on any atom is -0.508 e. The van der Waals surface area contributed by atoms with E-state index >= 15 is 0 Å². The highest BCUT2D eigenvalue weighted by Crippen LogP contribution is 2.18. The molecular weight excluding hydrogens is 254 g/mol. The van der Waals surface area contributed by atoms with Gasteiger partial charge in [0.2, 0.25) is 0 Å². The van der Waals surface area contributed by atoms with Crippen molar-refractivity contribution in [1.29, 1.82) is 0 Å². The Morgan fingerprint density at radius 2 is 1.47 bits per heavy atom. The van der Waals surface area contributed by atoms with Crippen LogP contribution in [-0.4, -0.2) is 5.11 Å². The van der Waals surface area contributed by atoms with Crippen LogP contribution in [0.2, 0.25) is 0 Å². The van der Waals surface area contributed by atoms with E-state index in [0.717, 1.165) is 0 Å². The molecule has 0 spiro atoms. The van der Waals surface area contributed by atoms with Crippen LogP contribution < -0.4 is 4.72 Å². The van der Waals surface area contributed by atoms with Crippen LogP contribution in [0.4, 0.5) is 0 Å². The van der Waals surface area contributed by atoms with Crippen molar-refractivity contribution < 1.29 is 5.11 Å². The van der Waals surface area contributed by atoms with Gasteiger partial charge in [0, 0.05) is 0 Å². The monoisotopic (exact) mass is 269 g/mol. The maximum atomic E-state index is 8.63. The van der Waals surface area contributed by atoms with Gasteiger partial charge >= 0.3 is 0 Å². The molecular formula is C16H15NOS. The zero-order valence-electron chi connectivity index (χ0n) is 10.4. The largest absolute Gasteiger partial charge is 0.508 e. The summed E-state index contributed by atoms with van der Waals surface area (Å²) >= 11 is 1.60. The lowest BCUT2D eigenvalue weighted by Gasteiger charge is -2.10. The maximum Gasteiger partial charge on any atom is 0.115 e. The van der Waals surface area contributed by atoms with E-state index in [0.29, 0.717) is 5.75 Å². The number of hydrogen-bond acceptors (Lipinski definition) is 3. The third-order valence-corrected chi connectivity index (χ3v) is 3.05. The normalized spacial score (nSPS) is 12.7. The molecule has 3 rings (SSSR count). The van der Waals surface area contributed by atoms with Gasteiger partial charge in [-0.05, 0) is 41.1 Å². The Morgan fingerprint density at radius 1 is 0.842 bits per heavy atom. The van der Waals surface area contributed by atoms with Gasteiger partial charge in [0.15, 0.2) is 0 Å². The molecule has 0 aliphatic carbocycles. The highest BCUT2D eigenvalue weighted by molar-refractivity contribution is 8.00. The van der Waals surface area contributed by atoms with E-state index in [1.807, 2.05) is 35.7 Å². The molecule has 3 heteroatoms. The molecule has 2 nitrogen and oxygen atoms in total. The minimum absolute atomic E-state index is 0.322. The Bertz CT molecular complexity index is 549. The van der Waals surface area contributed by atoms with E-state index < -0.39 is 0 Å². The zero-order chi connectivity index (χ0) is 13.3. The number of benzene rings is 2. The van der Waals surface area contributed by atoms with Gasteiger partial charge in [-0.1, -0.05) is 54.6 Å². The van der Waals surface area contributed by atoms with Crippen molar-refractivity contribution in [3.8, 4) is 5.75 Å². The van der Waals surface area contributed by atoms with Gasteiger partial charge in [0.1, 0.15) is 5.75 Å². The molecule has 0 unspecified atom stereocenters. The summed E-state index contributed by atoms with van der Waals surface area (Å²) < 4.78 is 3.23. The lowest BCUT2D eigenvalue weighted by molar-refractivity contribution is 0.475. The van der Waals surface area contributed by atoms with Gasteiger partial charge in [0.25, 0.3) is 0 Å². The third-order valence-electron chi connectivity index (χ3n) is 2.42. The second-order valence-corrected chi connectivity index (χ2v) is 4.54. The van der Waals surface area contributed by atoms with Crippen molar-refractivity contribution >= 4 is 17.6 Å². The Kier molecular flexibility index (Phi) is 5.14. The van der Waals surface area contributed by atoms with E-state index in [-0.39, 0.29) is 0 Å². The SMILES string of the molecule is C1=CSNC(c2ccccc2)=C1.Oc1ccccc1. The molecule has 0 saturated heterocycles. The summed E-state index contributed by atoms with van der Waals surface area (Å²) in [5.41, 5.74) is 2.40. The summed E-state index contributed by atoms with van der Waals surface area (Å²) in [4.78, 5) is 0. The first-order valence-corrected chi connectivity index (χ1v) is 6.82. The molecule has 0 amide bonds. The number of hydrogen-bond donors (Lipinski definition) is 2. The highest BCUT2D eigenvalue weighted by Gasteiger charge is 1.99. The van der Waals surface area contributed by atoms with Gasteiger partial charge in [-0.15, -0.1) is 0 Å². The van der Waals surface area contributed by atoms with Crippen LogP contribution in [0.15, 0.2) is 78.2 Å². The fourth-order valence-corrected chi connectivity index (χ4v) is 2.05. The minimum atomic E-state index is 0.322. The molecule has 2 aromatic carbocycles. The van der Waals surface area contributed by atoms with Crippen molar-refractivity contribution in [2.24, 2.45) is 0 Å². The van der Waals surface area contributed by atoms with E-state index in [9.17, 15) is 0 Å². The van der Waals surface area contributed by atoms with Crippen LogP contribution in [-0.2, 0) is 0 Å². The number of para-hydroxylation sites is 1. The molecule has 2 aromatic rings. The molecule has 0 bridgehead atoms. The lowest BCUT2D eigenvalue weighted by atomic mass is 10.1. The van der Waals surface area contributed by atoms with E-state index in [4.69, 9.17) is 5.11 Å². The van der Waals surface area contributed by atoms with Crippen LogP contribution in [0.3, 0.4) is 0 Å². The predicted octanol–water partition coefficient (Wildman–Crippen LogP) is 4.18. The maximum absolute atomic E-state index is 8.63. The standard InChI is InChI=1S/C10H9NS.C6H6O/c1-2-5-9(6-3-1)10-7-4-8-12-11-10;7-6-4-2-1-3-5-6/h1-8,11H;1-5,7H. The van der Waals surface area contributed by atoms with Crippen LogP contribution in [0, 0.1) is 0 Å². The fourth-order valence-electron chi connectivity index (χ4n) is 1.51. The topological polar surface area (TPSA) is 32.3 Å². The number of phenolic OH excluding ortho intramolecular Hbond substituents is 1. The number of allylic oxidation sites excluding steroid dienone is 2. The molecule has 1 aliphatic rings. The molecule has 0 radical (unpaired) electrons. The van der Waals surface area contributed by atoms with Gasteiger partial charge in [-0.3, -0.25) is 0 Å². The lowest BCUT2D eigenvalue weighted by Crippen LogP contribution is -2.02. The van der Waals surface area contributed by atoms with Crippen LogP contribution in [0.25, 0.3) is 5.70 Å². The highest BCUT2D eigenvalue weighted by atomic mass is 32.2.